The number of para-hydroxylation sites is 2. The molecule has 80 heavy (non-hydrogen) atoms. The fourth-order valence-corrected chi connectivity index (χ4v) is 9.62. The van der Waals surface area contributed by atoms with E-state index in [-0.39, 0.29) is 0 Å². The van der Waals surface area contributed by atoms with Crippen LogP contribution in [0.5, 0.6) is 23.0 Å². The van der Waals surface area contributed by atoms with Gasteiger partial charge in [-0.25, -0.2) is 0 Å². The van der Waals surface area contributed by atoms with Gasteiger partial charge in [0.05, 0.1) is 0 Å². The number of benzene rings is 8. The van der Waals surface area contributed by atoms with E-state index in [1.165, 1.54) is 5.56 Å². The molecule has 0 saturated carbocycles. The molecule has 0 fully saturated rings. The zero-order valence-electron chi connectivity index (χ0n) is 46.5. The van der Waals surface area contributed by atoms with Crippen molar-refractivity contribution < 1.29 is 18.9 Å². The van der Waals surface area contributed by atoms with E-state index in [0.717, 1.165) is 107 Å². The SMILES string of the molecule is C#C/C=C(\C=C/C)c1ccc(C(C)(c2ccc(OCc3ccc(C=C)cc3)c(-c3ccccc3OCC(/C=C\C)=C/C=C/C=C)c2)c2ccc(OCc3ccc(CC)cc3)c(-c3ccccc3OCc3ccc(C=C)cc3)c2)cc1. The Morgan fingerprint density at radius 1 is 0.500 bits per heavy atom. The molecule has 1 atom stereocenters. The fraction of sp³-hybridized carbons (Fsp3) is 0.132. The first-order valence-corrected chi connectivity index (χ1v) is 27.2. The van der Waals surface area contributed by atoms with Crippen molar-refractivity contribution in [3.63, 3.8) is 0 Å². The first-order chi connectivity index (χ1) is 39.2. The molecule has 8 aromatic rings. The average Bonchev–Trinajstić information content (AvgIpc) is 3.57. The molecule has 0 aliphatic heterocycles. The average molecular weight is 1050 g/mol. The zero-order valence-corrected chi connectivity index (χ0v) is 46.5. The summed E-state index contributed by atoms with van der Waals surface area (Å²) in [5, 5.41) is 0. The van der Waals surface area contributed by atoms with Gasteiger partial charge in [-0.2, -0.15) is 0 Å². The van der Waals surface area contributed by atoms with Crippen LogP contribution in [-0.4, -0.2) is 6.61 Å². The van der Waals surface area contributed by atoms with Gasteiger partial charge in [-0.1, -0.05) is 239 Å². The number of terminal acetylenes is 1. The lowest BCUT2D eigenvalue weighted by molar-refractivity contribution is 0.302. The number of aryl methyl sites for hydroxylation is 1. The minimum absolute atomic E-state index is 0.343. The van der Waals surface area contributed by atoms with Gasteiger partial charge >= 0.3 is 0 Å². The molecule has 1 unspecified atom stereocenters. The largest absolute Gasteiger partial charge is 0.488 e. The van der Waals surface area contributed by atoms with Gasteiger partial charge in [0, 0.05) is 27.7 Å². The molecule has 0 aromatic heterocycles. The molecule has 4 heteroatoms. The van der Waals surface area contributed by atoms with E-state index < -0.39 is 5.41 Å². The molecule has 8 aromatic carbocycles. The van der Waals surface area contributed by atoms with E-state index >= 15 is 0 Å². The second-order valence-corrected chi connectivity index (χ2v) is 19.5. The molecule has 398 valence electrons. The number of ether oxygens (including phenoxy) is 4. The summed E-state index contributed by atoms with van der Waals surface area (Å²) in [6.45, 7) is 21.7. The molecular formula is C76H70O4. The summed E-state index contributed by atoms with van der Waals surface area (Å²) >= 11 is 0. The minimum Gasteiger partial charge on any atom is -0.488 e. The maximum atomic E-state index is 6.88. The highest BCUT2D eigenvalue weighted by Crippen LogP contribution is 2.47. The van der Waals surface area contributed by atoms with Crippen molar-refractivity contribution in [2.75, 3.05) is 6.61 Å². The zero-order chi connectivity index (χ0) is 56.1. The van der Waals surface area contributed by atoms with E-state index in [2.05, 4.69) is 197 Å². The fourth-order valence-electron chi connectivity index (χ4n) is 9.62. The van der Waals surface area contributed by atoms with Gasteiger partial charge in [-0.3, -0.25) is 0 Å². The lowest BCUT2D eigenvalue weighted by Crippen LogP contribution is -2.26. The Hall–Kier alpha value is -9.56. The van der Waals surface area contributed by atoms with Crippen LogP contribution < -0.4 is 18.9 Å². The summed E-state index contributed by atoms with van der Waals surface area (Å²) in [7, 11) is 0. The molecular weight excluding hydrogens is 977 g/mol. The monoisotopic (exact) mass is 1050 g/mol. The van der Waals surface area contributed by atoms with Crippen LogP contribution in [0.4, 0.5) is 0 Å². The summed E-state index contributed by atoms with van der Waals surface area (Å²) in [6, 6.07) is 63.5. The van der Waals surface area contributed by atoms with Crippen molar-refractivity contribution >= 4 is 17.7 Å². The second kappa shape index (κ2) is 28.2. The number of rotatable bonds is 25. The van der Waals surface area contributed by atoms with E-state index in [1.54, 1.807) is 12.2 Å². The molecule has 8 rings (SSSR count). The topological polar surface area (TPSA) is 36.9 Å². The van der Waals surface area contributed by atoms with Crippen molar-refractivity contribution in [2.24, 2.45) is 0 Å². The highest BCUT2D eigenvalue weighted by Gasteiger charge is 2.34. The summed E-state index contributed by atoms with van der Waals surface area (Å²) in [4.78, 5) is 0. The Labute approximate surface area is 475 Å². The minimum atomic E-state index is -0.788. The molecule has 0 saturated heterocycles. The Bertz CT molecular complexity index is 3600. The van der Waals surface area contributed by atoms with Gasteiger partial charge in [-0.15, -0.1) is 6.42 Å². The van der Waals surface area contributed by atoms with Crippen molar-refractivity contribution in [3.8, 4) is 57.6 Å². The summed E-state index contributed by atoms with van der Waals surface area (Å²) in [5.74, 6) is 5.64. The van der Waals surface area contributed by atoms with Crippen LogP contribution in [0.2, 0.25) is 0 Å². The third-order valence-corrected chi connectivity index (χ3v) is 14.2. The van der Waals surface area contributed by atoms with Gasteiger partial charge in [0.25, 0.3) is 0 Å². The normalized spacial score (nSPS) is 12.5. The van der Waals surface area contributed by atoms with Crippen LogP contribution in [0.25, 0.3) is 40.0 Å². The van der Waals surface area contributed by atoms with Crippen LogP contribution in [0.1, 0.15) is 83.3 Å². The Balaban J connectivity index is 1.32. The molecule has 4 nitrogen and oxygen atoms in total. The quantitative estimate of drug-likeness (QED) is 0.0325. The van der Waals surface area contributed by atoms with Crippen LogP contribution >= 0.6 is 0 Å². The molecule has 0 N–H and O–H groups in total. The van der Waals surface area contributed by atoms with Gasteiger partial charge in [0.1, 0.15) is 49.4 Å². The third-order valence-electron chi connectivity index (χ3n) is 14.2. The van der Waals surface area contributed by atoms with Crippen molar-refractivity contribution in [1.82, 2.24) is 0 Å². The molecule has 0 aliphatic rings. The van der Waals surface area contributed by atoms with E-state index in [0.29, 0.717) is 32.2 Å². The maximum Gasteiger partial charge on any atom is 0.127 e. The Kier molecular flexibility index (Phi) is 19.9. The Morgan fingerprint density at radius 2 is 0.950 bits per heavy atom. The first-order valence-electron chi connectivity index (χ1n) is 27.2. The molecule has 0 bridgehead atoms. The predicted octanol–water partition coefficient (Wildman–Crippen LogP) is 19.2. The molecule has 0 aliphatic carbocycles. The number of allylic oxidation sites excluding steroid dienone is 9. The Morgan fingerprint density at radius 3 is 1.41 bits per heavy atom. The van der Waals surface area contributed by atoms with Gasteiger partial charge in [0.2, 0.25) is 0 Å². The van der Waals surface area contributed by atoms with Crippen molar-refractivity contribution in [2.45, 2.75) is 59.4 Å². The third kappa shape index (κ3) is 14.1. The van der Waals surface area contributed by atoms with E-state index in [4.69, 9.17) is 25.4 Å². The molecule has 0 spiro atoms. The standard InChI is InChI=1S/C76H70O4/c1-9-16-17-25-59(22-10-2)52-77-72-28-20-18-26-68(72)70-50-66(46-48-74(70)79-54-61-38-32-57(14-6)33-39-61)76(8,65-44-42-64(43-45-65)63(23-11-3)24-12-4)67-47-49-75(80-55-62-40-34-58(15-7)35-41-62)71(51-67)69-27-19-21-29-73(69)78-53-60-36-30-56(13-5)31-37-60/h3,9-10,12-14,16-51H,1,5-6,15,52-55H2,2,4,7-8H3/b17-16+,22-10-,24-12-,59-25+,63-23+. The number of hydrogen-bond donors (Lipinski definition) is 0. The molecule has 0 heterocycles. The van der Waals surface area contributed by atoms with Crippen LogP contribution in [0.15, 0.2) is 262 Å². The predicted molar refractivity (Wildman–Crippen MR) is 337 cm³/mol. The molecule has 0 amide bonds. The van der Waals surface area contributed by atoms with E-state index in [1.807, 2.05) is 92.8 Å². The van der Waals surface area contributed by atoms with Gasteiger partial charge in [0.15, 0.2) is 0 Å². The summed E-state index contributed by atoms with van der Waals surface area (Å²) in [5.41, 5.74) is 15.4. The summed E-state index contributed by atoms with van der Waals surface area (Å²) in [6.07, 6.45) is 28.1. The lowest BCUT2D eigenvalue weighted by atomic mass is 9.70. The second-order valence-electron chi connectivity index (χ2n) is 19.5. The van der Waals surface area contributed by atoms with Crippen LogP contribution in [0.3, 0.4) is 0 Å². The van der Waals surface area contributed by atoms with Crippen LogP contribution in [-0.2, 0) is 31.7 Å². The smallest absolute Gasteiger partial charge is 0.127 e. The van der Waals surface area contributed by atoms with E-state index in [9.17, 15) is 0 Å². The van der Waals surface area contributed by atoms with Gasteiger partial charge in [-0.05, 0) is 136 Å². The molecule has 0 radical (unpaired) electrons. The first kappa shape index (κ1) is 56.6. The number of hydrogen-bond acceptors (Lipinski definition) is 4. The lowest BCUT2D eigenvalue weighted by Gasteiger charge is -2.34. The van der Waals surface area contributed by atoms with Crippen LogP contribution in [0, 0.1) is 12.3 Å². The highest BCUT2D eigenvalue weighted by molar-refractivity contribution is 5.80. The maximum absolute atomic E-state index is 6.88. The van der Waals surface area contributed by atoms with Crippen molar-refractivity contribution in [3.05, 3.63) is 318 Å². The van der Waals surface area contributed by atoms with Crippen molar-refractivity contribution in [1.29, 1.82) is 0 Å². The highest BCUT2D eigenvalue weighted by atomic mass is 16.5. The summed E-state index contributed by atoms with van der Waals surface area (Å²) < 4.78 is 27.3. The van der Waals surface area contributed by atoms with Gasteiger partial charge < -0.3 is 18.9 Å².